The number of anilines is 1. The molecular weight excluding hydrogens is 420 g/mol. The van der Waals surface area contributed by atoms with Gasteiger partial charge >= 0.3 is 5.97 Å². The number of benzene rings is 2. The summed E-state index contributed by atoms with van der Waals surface area (Å²) < 4.78 is 6.97. The quantitative estimate of drug-likeness (QED) is 0.495. The zero-order valence-corrected chi connectivity index (χ0v) is 18.4. The number of allylic oxidation sites excluding steroid dienone is 1. The van der Waals surface area contributed by atoms with E-state index in [1.165, 1.54) is 0 Å². The summed E-state index contributed by atoms with van der Waals surface area (Å²) in [5.74, 6) is 0.126. The van der Waals surface area contributed by atoms with Crippen LogP contribution in [0.3, 0.4) is 0 Å². The highest BCUT2D eigenvalue weighted by Crippen LogP contribution is 2.42. The van der Waals surface area contributed by atoms with Gasteiger partial charge in [-0.3, -0.25) is 0 Å². The van der Waals surface area contributed by atoms with Crippen molar-refractivity contribution in [3.8, 4) is 11.1 Å². The molecule has 4 aromatic rings. The lowest BCUT2D eigenvalue weighted by atomic mass is 9.88. The maximum atomic E-state index is 12.6. The lowest BCUT2D eigenvalue weighted by molar-refractivity contribution is -0.133. The van der Waals surface area contributed by atoms with Gasteiger partial charge in [-0.2, -0.15) is 4.68 Å². The predicted molar refractivity (Wildman–Crippen MR) is 120 cm³/mol. The number of aryl methyl sites for hydroxylation is 2. The Hall–Kier alpha value is -4.27. The predicted octanol–water partition coefficient (Wildman–Crippen LogP) is 3.91. The van der Waals surface area contributed by atoms with Gasteiger partial charge in [0.15, 0.2) is 0 Å². The van der Waals surface area contributed by atoms with Crippen LogP contribution in [-0.4, -0.2) is 36.4 Å². The first kappa shape index (κ1) is 20.6. The normalized spacial score (nSPS) is 15.6. The Balaban J connectivity index is 1.71. The summed E-state index contributed by atoms with van der Waals surface area (Å²) in [6.45, 7) is 5.96. The summed E-state index contributed by atoms with van der Waals surface area (Å²) in [5.41, 5.74) is 4.99. The molecule has 1 unspecified atom stereocenters. The van der Waals surface area contributed by atoms with Gasteiger partial charge in [-0.15, -0.1) is 0 Å². The molecule has 1 aliphatic heterocycles. The second-order valence-corrected chi connectivity index (χ2v) is 7.99. The molecule has 0 saturated carbocycles. The zero-order valence-electron chi connectivity index (χ0n) is 18.4. The van der Waals surface area contributed by atoms with E-state index in [1.807, 2.05) is 73.3 Å². The van der Waals surface area contributed by atoms with Gasteiger partial charge in [-0.25, -0.2) is 4.79 Å². The Morgan fingerprint density at radius 1 is 1.06 bits per heavy atom. The molecule has 33 heavy (non-hydrogen) atoms. The Bertz CT molecular complexity index is 1350. The Kier molecular flexibility index (Phi) is 5.01. The molecule has 1 atom stereocenters. The average Bonchev–Trinajstić information content (AvgIpc) is 3.42. The van der Waals surface area contributed by atoms with Crippen molar-refractivity contribution in [2.75, 3.05) is 4.90 Å². The van der Waals surface area contributed by atoms with E-state index in [1.54, 1.807) is 11.6 Å². The topological polar surface area (TPSA) is 110 Å². The molecular formula is C24H22N6O3. The molecule has 5 rings (SSSR count). The lowest BCUT2D eigenvalue weighted by Crippen LogP contribution is -2.36. The van der Waals surface area contributed by atoms with Crippen LogP contribution >= 0.6 is 0 Å². The number of hydrogen-bond acceptors (Lipinski definition) is 7. The Morgan fingerprint density at radius 3 is 2.48 bits per heavy atom. The van der Waals surface area contributed by atoms with Gasteiger partial charge in [0, 0.05) is 11.3 Å². The van der Waals surface area contributed by atoms with Gasteiger partial charge in [0.25, 0.3) is 5.95 Å². The smallest absolute Gasteiger partial charge is 0.335 e. The van der Waals surface area contributed by atoms with Crippen molar-refractivity contribution < 1.29 is 14.4 Å². The number of aromatic nitrogens is 5. The minimum Gasteiger partial charge on any atom is -0.478 e. The first-order valence-corrected chi connectivity index (χ1v) is 10.5. The molecule has 3 heterocycles. The molecule has 2 aromatic heterocycles. The highest BCUT2D eigenvalue weighted by atomic mass is 16.5. The first-order valence-electron chi connectivity index (χ1n) is 10.5. The number of carbonyl (C=O) groups is 1. The molecule has 9 nitrogen and oxygen atoms in total. The summed E-state index contributed by atoms with van der Waals surface area (Å²) in [7, 11) is 0. The minimum atomic E-state index is -1.02. The van der Waals surface area contributed by atoms with E-state index in [0.717, 1.165) is 27.9 Å². The van der Waals surface area contributed by atoms with Gasteiger partial charge in [0.05, 0.1) is 17.8 Å². The highest BCUT2D eigenvalue weighted by Gasteiger charge is 2.39. The largest absolute Gasteiger partial charge is 0.478 e. The molecule has 0 saturated heterocycles. The Labute approximate surface area is 189 Å². The number of rotatable bonds is 5. The molecule has 166 valence electrons. The van der Waals surface area contributed by atoms with E-state index in [2.05, 4.69) is 20.7 Å². The van der Waals surface area contributed by atoms with Crippen LogP contribution in [0.1, 0.15) is 35.5 Å². The third-order valence-corrected chi connectivity index (χ3v) is 6.00. The fourth-order valence-electron chi connectivity index (χ4n) is 4.49. The summed E-state index contributed by atoms with van der Waals surface area (Å²) >= 11 is 0. The van der Waals surface area contributed by atoms with E-state index in [0.29, 0.717) is 24.0 Å². The van der Waals surface area contributed by atoms with Crippen LogP contribution in [0.2, 0.25) is 0 Å². The molecule has 0 bridgehead atoms. The van der Waals surface area contributed by atoms with Crippen LogP contribution < -0.4 is 4.90 Å². The number of hydrogen-bond donors (Lipinski definition) is 1. The number of tetrazole rings is 1. The number of carboxylic acid groups (broad SMARTS) is 1. The van der Waals surface area contributed by atoms with E-state index in [4.69, 9.17) is 4.52 Å². The molecule has 0 amide bonds. The SMILES string of the molecule is CC1=C(C(=O)O)C(c2ccccc2-c2c(C)noc2C)n2nnnc2N1Cc1ccccc1. The molecule has 1 aliphatic rings. The summed E-state index contributed by atoms with van der Waals surface area (Å²) in [4.78, 5) is 14.5. The molecule has 9 heteroatoms. The molecule has 0 fully saturated rings. The molecule has 0 spiro atoms. The number of aliphatic carboxylic acids is 1. The fraction of sp³-hybridized carbons (Fsp3) is 0.208. The van der Waals surface area contributed by atoms with Crippen LogP contribution in [0.4, 0.5) is 5.95 Å². The second-order valence-electron chi connectivity index (χ2n) is 7.99. The molecule has 2 aromatic carbocycles. The summed E-state index contributed by atoms with van der Waals surface area (Å²) in [6, 6.07) is 16.7. The van der Waals surface area contributed by atoms with Crippen LogP contribution in [0.15, 0.2) is 70.4 Å². The molecule has 0 radical (unpaired) electrons. The van der Waals surface area contributed by atoms with E-state index in [-0.39, 0.29) is 5.57 Å². The highest BCUT2D eigenvalue weighted by molar-refractivity contribution is 5.92. The van der Waals surface area contributed by atoms with E-state index >= 15 is 0 Å². The maximum Gasteiger partial charge on any atom is 0.335 e. The van der Waals surface area contributed by atoms with E-state index in [9.17, 15) is 9.90 Å². The van der Waals surface area contributed by atoms with Gasteiger partial charge in [-0.05, 0) is 47.9 Å². The van der Waals surface area contributed by atoms with Crippen LogP contribution in [0.25, 0.3) is 11.1 Å². The van der Waals surface area contributed by atoms with Crippen molar-refractivity contribution in [1.82, 2.24) is 25.4 Å². The van der Waals surface area contributed by atoms with Crippen molar-refractivity contribution in [3.05, 3.63) is 88.4 Å². The lowest BCUT2D eigenvalue weighted by Gasteiger charge is -2.34. The Morgan fingerprint density at radius 2 is 1.79 bits per heavy atom. The van der Waals surface area contributed by atoms with Gasteiger partial charge in [0.2, 0.25) is 0 Å². The summed E-state index contributed by atoms with van der Waals surface area (Å²) in [5, 5.41) is 26.8. The number of nitrogens with zero attached hydrogens (tertiary/aromatic N) is 6. The van der Waals surface area contributed by atoms with Gasteiger partial charge in [0.1, 0.15) is 11.8 Å². The van der Waals surface area contributed by atoms with Crippen molar-refractivity contribution >= 4 is 11.9 Å². The summed E-state index contributed by atoms with van der Waals surface area (Å²) in [6.07, 6.45) is 0. The van der Waals surface area contributed by atoms with Crippen LogP contribution in [0.5, 0.6) is 0 Å². The van der Waals surface area contributed by atoms with Crippen molar-refractivity contribution in [2.45, 2.75) is 33.4 Å². The maximum absolute atomic E-state index is 12.6. The molecule has 1 N–H and O–H groups in total. The first-order chi connectivity index (χ1) is 16.0. The average molecular weight is 442 g/mol. The third-order valence-electron chi connectivity index (χ3n) is 6.00. The van der Waals surface area contributed by atoms with Crippen LogP contribution in [0, 0.1) is 13.8 Å². The monoisotopic (exact) mass is 442 g/mol. The standard InChI is InChI=1S/C24H22N6O3/c1-14-20(16(3)33-26-14)18-11-7-8-12-19(18)22-21(23(31)32)15(2)29(24-25-27-28-30(22)24)13-17-9-5-4-6-10-17/h4-12,22H,13H2,1-3H3,(H,31,32). The number of fused-ring (bicyclic) bond motifs is 1. The zero-order chi connectivity index (χ0) is 23.1. The number of carboxylic acids is 1. The van der Waals surface area contributed by atoms with Gasteiger partial charge < -0.3 is 14.5 Å². The van der Waals surface area contributed by atoms with Gasteiger partial charge in [-0.1, -0.05) is 64.9 Å². The van der Waals surface area contributed by atoms with E-state index < -0.39 is 12.0 Å². The second kappa shape index (κ2) is 8.01. The molecule has 0 aliphatic carbocycles. The third kappa shape index (κ3) is 3.38. The van der Waals surface area contributed by atoms with Crippen molar-refractivity contribution in [3.63, 3.8) is 0 Å². The van der Waals surface area contributed by atoms with Crippen molar-refractivity contribution in [2.24, 2.45) is 0 Å². The minimum absolute atomic E-state index is 0.213. The van der Waals surface area contributed by atoms with Crippen LogP contribution in [-0.2, 0) is 11.3 Å². The van der Waals surface area contributed by atoms with Crippen molar-refractivity contribution in [1.29, 1.82) is 0 Å². The fourth-order valence-corrected chi connectivity index (χ4v) is 4.49.